The Balaban J connectivity index is 1.47. The monoisotopic (exact) mass is 505 g/mol. The standard InChI is InChI=1S/C29H28FNO6/c1-19-24(31-27(36-19)20-9-5-4-6-10-20)15-16-34-22-13-14-25(37-29(2,3)28(32)33)21(17-22)18-35-26-12-8-7-11-23(26)30/h4-14,17H,15-16,18H2,1-3H3,(H,32,33). The molecule has 0 aliphatic heterocycles. The number of nitrogens with zero attached hydrogens (tertiary/aromatic N) is 1. The van der Waals surface area contributed by atoms with Crippen LogP contribution in [0.15, 0.2) is 77.2 Å². The van der Waals surface area contributed by atoms with Crippen LogP contribution in [0.3, 0.4) is 0 Å². The third kappa shape index (κ3) is 6.46. The van der Waals surface area contributed by atoms with Crippen LogP contribution in [0, 0.1) is 12.7 Å². The first-order valence-corrected chi connectivity index (χ1v) is 11.8. The number of aryl methyl sites for hydroxylation is 1. The number of carboxylic acids is 1. The van der Waals surface area contributed by atoms with Gasteiger partial charge in [-0.2, -0.15) is 0 Å². The van der Waals surface area contributed by atoms with Gasteiger partial charge in [-0.1, -0.05) is 30.3 Å². The molecule has 0 bridgehead atoms. The van der Waals surface area contributed by atoms with E-state index in [-0.39, 0.29) is 12.4 Å². The molecule has 0 amide bonds. The zero-order valence-corrected chi connectivity index (χ0v) is 20.9. The van der Waals surface area contributed by atoms with Crippen LogP contribution >= 0.6 is 0 Å². The average molecular weight is 506 g/mol. The van der Waals surface area contributed by atoms with Crippen molar-refractivity contribution in [2.24, 2.45) is 0 Å². The molecule has 8 heteroatoms. The molecule has 0 unspecified atom stereocenters. The molecule has 0 saturated heterocycles. The Kier molecular flexibility index (Phi) is 7.77. The highest BCUT2D eigenvalue weighted by Crippen LogP contribution is 2.30. The van der Waals surface area contributed by atoms with Gasteiger partial charge < -0.3 is 23.7 Å². The summed E-state index contributed by atoms with van der Waals surface area (Å²) in [5.74, 6) is 0.568. The Bertz CT molecular complexity index is 1370. The van der Waals surface area contributed by atoms with Crippen molar-refractivity contribution in [3.63, 3.8) is 0 Å². The SMILES string of the molecule is Cc1oc(-c2ccccc2)nc1CCOc1ccc(OC(C)(C)C(=O)O)c(COc2ccccc2F)c1. The molecule has 1 aromatic heterocycles. The molecule has 7 nitrogen and oxygen atoms in total. The Hall–Kier alpha value is -4.33. The predicted molar refractivity (Wildman–Crippen MR) is 135 cm³/mol. The molecular formula is C29H28FNO6. The summed E-state index contributed by atoms with van der Waals surface area (Å²) in [4.78, 5) is 16.2. The van der Waals surface area contributed by atoms with Crippen molar-refractivity contribution >= 4 is 5.97 Å². The molecular weight excluding hydrogens is 477 g/mol. The second-order valence-electron chi connectivity index (χ2n) is 8.89. The van der Waals surface area contributed by atoms with E-state index < -0.39 is 17.4 Å². The minimum atomic E-state index is -1.48. The molecule has 37 heavy (non-hydrogen) atoms. The maximum Gasteiger partial charge on any atom is 0.347 e. The predicted octanol–water partition coefficient (Wildman–Crippen LogP) is 6.23. The van der Waals surface area contributed by atoms with E-state index in [1.165, 1.54) is 26.0 Å². The van der Waals surface area contributed by atoms with Gasteiger partial charge in [-0.05, 0) is 63.2 Å². The van der Waals surface area contributed by atoms with Gasteiger partial charge in [-0.3, -0.25) is 0 Å². The molecule has 4 rings (SSSR count). The van der Waals surface area contributed by atoms with Gasteiger partial charge in [0.25, 0.3) is 0 Å². The van der Waals surface area contributed by atoms with Crippen molar-refractivity contribution in [3.8, 4) is 28.7 Å². The lowest BCUT2D eigenvalue weighted by Gasteiger charge is -2.24. The van der Waals surface area contributed by atoms with Crippen LogP contribution in [0.1, 0.15) is 30.9 Å². The maximum atomic E-state index is 14.0. The smallest absolute Gasteiger partial charge is 0.347 e. The van der Waals surface area contributed by atoms with Crippen LogP contribution in [0.2, 0.25) is 0 Å². The molecule has 0 atom stereocenters. The molecule has 0 spiro atoms. The second kappa shape index (κ2) is 11.2. The van der Waals surface area contributed by atoms with E-state index in [9.17, 15) is 14.3 Å². The topological polar surface area (TPSA) is 91.0 Å². The summed E-state index contributed by atoms with van der Waals surface area (Å²) in [6.45, 7) is 5.04. The molecule has 0 aliphatic rings. The van der Waals surface area contributed by atoms with Crippen molar-refractivity contribution in [1.29, 1.82) is 0 Å². The molecule has 4 aromatic rings. The Labute approximate surface area is 214 Å². The van der Waals surface area contributed by atoms with Gasteiger partial charge in [0.2, 0.25) is 5.89 Å². The number of carbonyl (C=O) groups is 1. The molecule has 0 saturated carbocycles. The fourth-order valence-electron chi connectivity index (χ4n) is 3.52. The van der Waals surface area contributed by atoms with Gasteiger partial charge in [0, 0.05) is 17.5 Å². The normalized spacial score (nSPS) is 11.2. The van der Waals surface area contributed by atoms with Gasteiger partial charge in [0.1, 0.15) is 23.9 Å². The lowest BCUT2D eigenvalue weighted by molar-refractivity contribution is -0.152. The molecule has 0 aliphatic carbocycles. The van der Waals surface area contributed by atoms with Crippen LogP contribution < -0.4 is 14.2 Å². The average Bonchev–Trinajstić information content (AvgIpc) is 3.25. The largest absolute Gasteiger partial charge is 0.493 e. The van der Waals surface area contributed by atoms with Crippen molar-refractivity contribution in [2.75, 3.05) is 6.61 Å². The number of rotatable bonds is 11. The summed E-state index contributed by atoms with van der Waals surface area (Å²) in [6.07, 6.45) is 0.521. The van der Waals surface area contributed by atoms with Crippen LogP contribution in [0.5, 0.6) is 17.2 Å². The molecule has 192 valence electrons. The first-order chi connectivity index (χ1) is 17.7. The number of benzene rings is 3. The third-order valence-electron chi connectivity index (χ3n) is 5.65. The van der Waals surface area contributed by atoms with Gasteiger partial charge in [0.15, 0.2) is 17.2 Å². The molecule has 1 N–H and O–H groups in total. The lowest BCUT2D eigenvalue weighted by atomic mass is 10.1. The number of halogens is 1. The van der Waals surface area contributed by atoms with E-state index in [1.807, 2.05) is 37.3 Å². The number of aliphatic carboxylic acids is 1. The Morgan fingerprint density at radius 1 is 1.00 bits per heavy atom. The molecule has 0 radical (unpaired) electrons. The quantitative estimate of drug-likeness (QED) is 0.258. The summed E-state index contributed by atoms with van der Waals surface area (Å²) >= 11 is 0. The van der Waals surface area contributed by atoms with Crippen LogP contribution in [0.25, 0.3) is 11.5 Å². The summed E-state index contributed by atoms with van der Waals surface area (Å²) in [5.41, 5.74) is 0.733. The number of aromatic nitrogens is 1. The van der Waals surface area contributed by atoms with Gasteiger partial charge in [0.05, 0.1) is 12.3 Å². The number of hydrogen-bond donors (Lipinski definition) is 1. The highest BCUT2D eigenvalue weighted by Gasteiger charge is 2.30. The highest BCUT2D eigenvalue weighted by molar-refractivity contribution is 5.76. The zero-order chi connectivity index (χ0) is 26.4. The summed E-state index contributed by atoms with van der Waals surface area (Å²) in [7, 11) is 0. The van der Waals surface area contributed by atoms with E-state index in [2.05, 4.69) is 4.98 Å². The number of carboxylic acid groups (broad SMARTS) is 1. The minimum absolute atomic E-state index is 0.0496. The molecule has 0 fully saturated rings. The van der Waals surface area contributed by atoms with Crippen molar-refractivity contribution in [1.82, 2.24) is 4.98 Å². The maximum absolute atomic E-state index is 14.0. The lowest BCUT2D eigenvalue weighted by Crippen LogP contribution is -2.38. The minimum Gasteiger partial charge on any atom is -0.493 e. The fourth-order valence-corrected chi connectivity index (χ4v) is 3.52. The van der Waals surface area contributed by atoms with Crippen LogP contribution in [-0.4, -0.2) is 28.3 Å². The fraction of sp³-hybridized carbons (Fsp3) is 0.241. The number of hydrogen-bond acceptors (Lipinski definition) is 6. The second-order valence-corrected chi connectivity index (χ2v) is 8.89. The van der Waals surface area contributed by atoms with E-state index in [0.717, 1.165) is 17.0 Å². The first-order valence-electron chi connectivity index (χ1n) is 11.8. The zero-order valence-electron chi connectivity index (χ0n) is 20.9. The van der Waals surface area contributed by atoms with Crippen molar-refractivity contribution in [2.45, 2.75) is 39.4 Å². The number of oxazole rings is 1. The van der Waals surface area contributed by atoms with Crippen molar-refractivity contribution < 1.29 is 32.9 Å². The van der Waals surface area contributed by atoms with E-state index in [0.29, 0.717) is 36.0 Å². The first kappa shape index (κ1) is 25.8. The van der Waals surface area contributed by atoms with Gasteiger partial charge >= 0.3 is 5.97 Å². The third-order valence-corrected chi connectivity index (χ3v) is 5.65. The molecule has 3 aromatic carbocycles. The summed E-state index contributed by atoms with van der Waals surface area (Å²) in [6, 6.07) is 20.7. The van der Waals surface area contributed by atoms with Crippen molar-refractivity contribution in [3.05, 3.63) is 95.6 Å². The Morgan fingerprint density at radius 3 is 2.46 bits per heavy atom. The highest BCUT2D eigenvalue weighted by atomic mass is 19.1. The number of para-hydroxylation sites is 1. The van der Waals surface area contributed by atoms with Gasteiger partial charge in [-0.25, -0.2) is 14.2 Å². The molecule has 1 heterocycles. The van der Waals surface area contributed by atoms with Crippen LogP contribution in [-0.2, 0) is 17.8 Å². The summed E-state index contributed by atoms with van der Waals surface area (Å²) < 4.78 is 37.2. The van der Waals surface area contributed by atoms with E-state index >= 15 is 0 Å². The van der Waals surface area contributed by atoms with E-state index in [4.69, 9.17) is 18.6 Å². The van der Waals surface area contributed by atoms with E-state index in [1.54, 1.807) is 30.3 Å². The summed E-state index contributed by atoms with van der Waals surface area (Å²) in [5, 5.41) is 9.47. The van der Waals surface area contributed by atoms with Crippen LogP contribution in [0.4, 0.5) is 4.39 Å². The number of ether oxygens (including phenoxy) is 3. The van der Waals surface area contributed by atoms with Gasteiger partial charge in [-0.15, -0.1) is 0 Å². The Morgan fingerprint density at radius 2 is 1.73 bits per heavy atom.